The fourth-order valence-corrected chi connectivity index (χ4v) is 4.00. The van der Waals surface area contributed by atoms with Gasteiger partial charge in [-0.1, -0.05) is 0 Å². The molecule has 3 aromatic heterocycles. The number of nitrogen functional groups attached to an aromatic ring is 2. The van der Waals surface area contributed by atoms with Gasteiger partial charge in [0.15, 0.2) is 11.2 Å². The highest BCUT2D eigenvalue weighted by Crippen LogP contribution is 2.33. The Morgan fingerprint density at radius 2 is 2.03 bits per heavy atom. The quantitative estimate of drug-likeness (QED) is 0.461. The molecule has 1 aromatic carbocycles. The lowest BCUT2D eigenvalue weighted by Crippen LogP contribution is -2.38. The van der Waals surface area contributed by atoms with Gasteiger partial charge in [-0.25, -0.2) is 19.4 Å². The van der Waals surface area contributed by atoms with Crippen molar-refractivity contribution in [1.29, 1.82) is 0 Å². The van der Waals surface area contributed by atoms with Crippen LogP contribution in [0.25, 0.3) is 33.4 Å². The van der Waals surface area contributed by atoms with Crippen LogP contribution in [0.2, 0.25) is 0 Å². The lowest BCUT2D eigenvalue weighted by molar-refractivity contribution is 0.121. The van der Waals surface area contributed by atoms with Crippen molar-refractivity contribution in [2.24, 2.45) is 5.92 Å². The molecule has 30 heavy (non-hydrogen) atoms. The molecule has 4 aromatic rings. The van der Waals surface area contributed by atoms with Crippen LogP contribution < -0.4 is 11.5 Å². The van der Waals surface area contributed by atoms with Crippen molar-refractivity contribution in [3.8, 4) is 11.3 Å². The summed E-state index contributed by atoms with van der Waals surface area (Å²) in [4.78, 5) is 25.3. The van der Waals surface area contributed by atoms with Crippen molar-refractivity contribution >= 4 is 40.1 Å². The monoisotopic (exact) mass is 408 g/mol. The molecule has 154 valence electrons. The number of fused-ring (bicyclic) bond motifs is 2. The van der Waals surface area contributed by atoms with Gasteiger partial charge in [-0.05, 0) is 37.0 Å². The number of nitrogens with two attached hydrogens (primary N) is 2. The molecular formula is C19H20N8O3. The summed E-state index contributed by atoms with van der Waals surface area (Å²) in [6.45, 7) is 1.67. The van der Waals surface area contributed by atoms with Gasteiger partial charge in [-0.15, -0.1) is 0 Å². The molecule has 0 radical (unpaired) electrons. The summed E-state index contributed by atoms with van der Waals surface area (Å²) in [5.41, 5.74) is 15.2. The predicted octanol–water partition coefficient (Wildman–Crippen LogP) is 2.19. The second kappa shape index (κ2) is 6.87. The van der Waals surface area contributed by atoms with Gasteiger partial charge in [0.1, 0.15) is 23.4 Å². The third-order valence-electron chi connectivity index (χ3n) is 5.55. The summed E-state index contributed by atoms with van der Waals surface area (Å²) >= 11 is 0. The predicted molar refractivity (Wildman–Crippen MR) is 109 cm³/mol. The third-order valence-corrected chi connectivity index (χ3v) is 5.55. The maximum atomic E-state index is 11.1. The third kappa shape index (κ3) is 3.04. The molecule has 11 nitrogen and oxygen atoms in total. The number of hydrogen-bond acceptors (Lipinski definition) is 8. The van der Waals surface area contributed by atoms with Gasteiger partial charge < -0.3 is 25.9 Å². The number of aromatic nitrogens is 5. The van der Waals surface area contributed by atoms with E-state index in [1.54, 1.807) is 6.07 Å². The molecular weight excluding hydrogens is 388 g/mol. The van der Waals surface area contributed by atoms with Gasteiger partial charge in [0, 0.05) is 25.2 Å². The van der Waals surface area contributed by atoms with Gasteiger partial charge >= 0.3 is 6.09 Å². The number of nitrogens with zero attached hydrogens (tertiary/aromatic N) is 6. The highest BCUT2D eigenvalue weighted by molar-refractivity contribution is 5.99. The molecule has 1 aliphatic rings. The second-order valence-corrected chi connectivity index (χ2v) is 7.44. The molecule has 5 rings (SSSR count). The minimum absolute atomic E-state index is 0.105. The summed E-state index contributed by atoms with van der Waals surface area (Å²) < 4.78 is 7.19. The van der Waals surface area contributed by atoms with Crippen molar-refractivity contribution in [1.82, 2.24) is 29.6 Å². The van der Waals surface area contributed by atoms with Crippen molar-refractivity contribution < 1.29 is 14.3 Å². The van der Waals surface area contributed by atoms with Crippen LogP contribution in [-0.4, -0.2) is 53.9 Å². The van der Waals surface area contributed by atoms with Crippen LogP contribution in [-0.2, 0) is 6.54 Å². The number of amides is 1. The number of carboxylic acid groups (broad SMARTS) is 1. The molecule has 0 bridgehead atoms. The lowest BCUT2D eigenvalue weighted by Gasteiger charge is -2.29. The Bertz CT molecular complexity index is 1260. The Labute approximate surface area is 170 Å². The van der Waals surface area contributed by atoms with E-state index in [-0.39, 0.29) is 6.01 Å². The first-order chi connectivity index (χ1) is 14.5. The lowest BCUT2D eigenvalue weighted by atomic mass is 9.97. The van der Waals surface area contributed by atoms with E-state index in [2.05, 4.69) is 15.0 Å². The van der Waals surface area contributed by atoms with Gasteiger partial charge in [0.2, 0.25) is 0 Å². The van der Waals surface area contributed by atoms with Crippen LogP contribution in [0.15, 0.2) is 28.9 Å². The number of rotatable bonds is 3. The first kappa shape index (κ1) is 18.2. The van der Waals surface area contributed by atoms with E-state index in [1.807, 2.05) is 16.8 Å². The first-order valence-corrected chi connectivity index (χ1v) is 9.61. The molecule has 1 saturated heterocycles. The molecule has 0 saturated carbocycles. The summed E-state index contributed by atoms with van der Waals surface area (Å²) in [5, 5.41) is 14.6. The fraction of sp³-hybridized carbons (Fsp3) is 0.316. The number of hydrogen-bond donors (Lipinski definition) is 3. The van der Waals surface area contributed by atoms with Crippen LogP contribution in [0.3, 0.4) is 0 Å². The van der Waals surface area contributed by atoms with Crippen LogP contribution in [0.4, 0.5) is 16.6 Å². The van der Waals surface area contributed by atoms with Crippen LogP contribution in [0, 0.1) is 5.92 Å². The molecule has 5 N–H and O–H groups in total. The highest BCUT2D eigenvalue weighted by Gasteiger charge is 2.25. The maximum Gasteiger partial charge on any atom is 0.407 e. The van der Waals surface area contributed by atoms with E-state index in [0.717, 1.165) is 18.4 Å². The van der Waals surface area contributed by atoms with Crippen molar-refractivity contribution in [3.63, 3.8) is 0 Å². The normalized spacial score (nSPS) is 15.3. The van der Waals surface area contributed by atoms with E-state index >= 15 is 0 Å². The molecule has 0 aliphatic carbocycles. The van der Waals surface area contributed by atoms with Crippen LogP contribution in [0.5, 0.6) is 0 Å². The SMILES string of the molecule is Nc1nc2cc(-c3nn(CC4CCN(C(=O)O)CC4)c4ncnc(N)c34)ccc2o1. The zero-order valence-electron chi connectivity index (χ0n) is 16.0. The Kier molecular flexibility index (Phi) is 4.16. The zero-order chi connectivity index (χ0) is 20.8. The number of benzene rings is 1. The minimum atomic E-state index is -0.871. The average molecular weight is 408 g/mol. The number of carbonyl (C=O) groups is 1. The molecule has 4 heterocycles. The van der Waals surface area contributed by atoms with E-state index < -0.39 is 6.09 Å². The molecule has 0 unspecified atom stereocenters. The minimum Gasteiger partial charge on any atom is -0.465 e. The highest BCUT2D eigenvalue weighted by atomic mass is 16.4. The zero-order valence-corrected chi connectivity index (χ0v) is 16.0. The Hall–Kier alpha value is -3.89. The summed E-state index contributed by atoms with van der Waals surface area (Å²) in [6, 6.07) is 5.62. The number of likely N-dealkylation sites (tertiary alicyclic amines) is 1. The van der Waals surface area contributed by atoms with E-state index in [1.165, 1.54) is 11.2 Å². The van der Waals surface area contributed by atoms with Gasteiger partial charge in [-0.2, -0.15) is 10.1 Å². The Balaban J connectivity index is 1.52. The van der Waals surface area contributed by atoms with E-state index in [9.17, 15) is 4.79 Å². The number of oxazole rings is 1. The van der Waals surface area contributed by atoms with Gasteiger partial charge in [0.05, 0.1) is 5.39 Å². The van der Waals surface area contributed by atoms with Gasteiger partial charge in [0.25, 0.3) is 6.01 Å². The smallest absolute Gasteiger partial charge is 0.407 e. The second-order valence-electron chi connectivity index (χ2n) is 7.44. The summed E-state index contributed by atoms with van der Waals surface area (Å²) in [5.74, 6) is 0.646. The maximum absolute atomic E-state index is 11.1. The Morgan fingerprint density at radius 3 is 2.80 bits per heavy atom. The van der Waals surface area contributed by atoms with Crippen molar-refractivity contribution in [2.75, 3.05) is 24.6 Å². The molecule has 1 aliphatic heterocycles. The van der Waals surface area contributed by atoms with E-state index in [4.69, 9.17) is 26.1 Å². The summed E-state index contributed by atoms with van der Waals surface area (Å²) in [6.07, 6.45) is 2.10. The topological polar surface area (TPSA) is 162 Å². The van der Waals surface area contributed by atoms with Gasteiger partial charge in [-0.3, -0.25) is 0 Å². The number of anilines is 2. The fourth-order valence-electron chi connectivity index (χ4n) is 4.00. The van der Waals surface area contributed by atoms with E-state index in [0.29, 0.717) is 59.2 Å². The van der Waals surface area contributed by atoms with Crippen molar-refractivity contribution in [2.45, 2.75) is 19.4 Å². The molecule has 1 fully saturated rings. The van der Waals surface area contributed by atoms with Crippen LogP contribution in [0.1, 0.15) is 12.8 Å². The summed E-state index contributed by atoms with van der Waals surface area (Å²) in [7, 11) is 0. The average Bonchev–Trinajstić information content (AvgIpc) is 3.28. The molecule has 11 heteroatoms. The first-order valence-electron chi connectivity index (χ1n) is 9.61. The largest absolute Gasteiger partial charge is 0.465 e. The van der Waals surface area contributed by atoms with Crippen LogP contribution >= 0.6 is 0 Å². The standard InChI is InChI=1S/C19H20N8O3/c20-16-14-15(11-1-2-13-12(7-11)24-18(21)30-13)25-27(17(14)23-9-22-16)8-10-3-5-26(6-4-10)19(28)29/h1-2,7,9-10H,3-6,8H2,(H2,21,24)(H,28,29)(H2,20,22,23). The molecule has 1 amide bonds. The Morgan fingerprint density at radius 1 is 1.23 bits per heavy atom. The molecule has 0 spiro atoms. The molecule has 0 atom stereocenters. The number of piperidine rings is 1. The van der Waals surface area contributed by atoms with Crippen molar-refractivity contribution in [3.05, 3.63) is 24.5 Å².